The van der Waals surface area contributed by atoms with E-state index in [1.54, 1.807) is 7.11 Å². The highest BCUT2D eigenvalue weighted by atomic mass is 32.2. The zero-order chi connectivity index (χ0) is 25.0. The van der Waals surface area contributed by atoms with Gasteiger partial charge in [-0.1, -0.05) is 0 Å². The maximum Gasteiger partial charge on any atom is 0.416 e. The molecule has 1 heterocycles. The van der Waals surface area contributed by atoms with Gasteiger partial charge in [0.1, 0.15) is 11.5 Å². The molecule has 0 bridgehead atoms. The van der Waals surface area contributed by atoms with Gasteiger partial charge in [-0.3, -0.25) is 10.0 Å². The molecule has 2 aromatic carbocycles. The molecule has 12 heteroatoms. The first-order valence-electron chi connectivity index (χ1n) is 10.4. The zero-order valence-corrected chi connectivity index (χ0v) is 19.2. The maximum atomic E-state index is 13.5. The number of alkyl halides is 3. The summed E-state index contributed by atoms with van der Waals surface area (Å²) in [5.74, 6) is -0.652. The number of amides is 1. The molecule has 0 aliphatic carbocycles. The Kier molecular flexibility index (Phi) is 7.86. The smallest absolute Gasteiger partial charge is 0.416 e. The minimum Gasteiger partial charge on any atom is -0.457 e. The highest BCUT2D eigenvalue weighted by Gasteiger charge is 2.52. The molecule has 1 amide bonds. The molecule has 1 saturated heterocycles. The Labute approximate surface area is 195 Å². The number of methoxy groups -OCH3 is 1. The standard InChI is InChI=1S/C22H25F3N2O6S/c1-32-15-14-27-12-10-21(11-13-27,20(28)26-29)34(30,31)19-8-6-18(7-9-19)33-17-4-2-16(3-5-17)22(23,24)25/h2-9,29H,10-15H2,1H3,(H,26,28). The number of likely N-dealkylation sites (tertiary alicyclic amines) is 1. The monoisotopic (exact) mass is 502 g/mol. The van der Waals surface area contributed by atoms with Crippen molar-refractivity contribution in [3.05, 3.63) is 54.1 Å². The van der Waals surface area contributed by atoms with E-state index in [9.17, 15) is 31.6 Å². The first kappa shape index (κ1) is 25.9. The number of nitrogens with zero attached hydrogens (tertiary/aromatic N) is 1. The number of hydroxylamine groups is 1. The van der Waals surface area contributed by atoms with E-state index in [2.05, 4.69) is 0 Å². The SMILES string of the molecule is COCCN1CCC(C(=O)NO)(S(=O)(=O)c2ccc(Oc3ccc(C(F)(F)F)cc3)cc2)CC1. The molecule has 0 radical (unpaired) electrons. The molecule has 3 rings (SSSR count). The van der Waals surface area contributed by atoms with E-state index in [0.29, 0.717) is 26.2 Å². The van der Waals surface area contributed by atoms with Crippen molar-refractivity contribution in [1.82, 2.24) is 10.4 Å². The number of carbonyl (C=O) groups is 1. The van der Waals surface area contributed by atoms with Gasteiger partial charge in [0.25, 0.3) is 5.91 Å². The van der Waals surface area contributed by atoms with Crippen LogP contribution in [-0.2, 0) is 25.5 Å². The van der Waals surface area contributed by atoms with E-state index in [1.165, 1.54) is 29.7 Å². The lowest BCUT2D eigenvalue weighted by atomic mass is 9.95. The molecule has 34 heavy (non-hydrogen) atoms. The molecule has 2 N–H and O–H groups in total. The number of halogens is 3. The van der Waals surface area contributed by atoms with Gasteiger partial charge in [0.05, 0.1) is 17.1 Å². The molecule has 0 atom stereocenters. The van der Waals surface area contributed by atoms with E-state index in [-0.39, 0.29) is 29.2 Å². The fourth-order valence-electron chi connectivity index (χ4n) is 3.84. The van der Waals surface area contributed by atoms with Crippen LogP contribution in [0.2, 0.25) is 0 Å². The normalized spacial score (nSPS) is 16.7. The van der Waals surface area contributed by atoms with E-state index in [0.717, 1.165) is 24.3 Å². The fraction of sp³-hybridized carbons (Fsp3) is 0.409. The second-order valence-electron chi connectivity index (χ2n) is 7.87. The van der Waals surface area contributed by atoms with Gasteiger partial charge in [-0.15, -0.1) is 0 Å². The lowest BCUT2D eigenvalue weighted by molar-refractivity contribution is -0.137. The second-order valence-corrected chi connectivity index (χ2v) is 10.1. The van der Waals surface area contributed by atoms with Crippen LogP contribution < -0.4 is 10.2 Å². The average molecular weight is 503 g/mol. The maximum absolute atomic E-state index is 13.5. The van der Waals surface area contributed by atoms with Crippen molar-refractivity contribution >= 4 is 15.7 Å². The summed E-state index contributed by atoms with van der Waals surface area (Å²) in [4.78, 5) is 14.4. The predicted molar refractivity (Wildman–Crippen MR) is 115 cm³/mol. The predicted octanol–water partition coefficient (Wildman–Crippen LogP) is 3.26. The van der Waals surface area contributed by atoms with Crippen LogP contribution in [0.1, 0.15) is 18.4 Å². The molecule has 186 valence electrons. The number of nitrogens with one attached hydrogen (secondary N) is 1. The molecule has 0 spiro atoms. The van der Waals surface area contributed by atoms with E-state index < -0.39 is 32.2 Å². The number of benzene rings is 2. The van der Waals surface area contributed by atoms with Crippen LogP contribution >= 0.6 is 0 Å². The first-order chi connectivity index (χ1) is 16.0. The lowest BCUT2D eigenvalue weighted by Crippen LogP contribution is -2.57. The van der Waals surface area contributed by atoms with Crippen LogP contribution in [0.25, 0.3) is 0 Å². The number of sulfone groups is 1. The van der Waals surface area contributed by atoms with Crippen LogP contribution in [0.4, 0.5) is 13.2 Å². The van der Waals surface area contributed by atoms with Gasteiger partial charge in [-0.2, -0.15) is 13.2 Å². The second kappa shape index (κ2) is 10.3. The first-order valence-corrected chi connectivity index (χ1v) is 11.9. The van der Waals surface area contributed by atoms with Crippen molar-refractivity contribution in [2.75, 3.05) is 33.4 Å². The quantitative estimate of drug-likeness (QED) is 0.422. The summed E-state index contributed by atoms with van der Waals surface area (Å²) in [7, 11) is -2.64. The van der Waals surface area contributed by atoms with E-state index in [1.807, 2.05) is 4.90 Å². The number of hydrogen-bond acceptors (Lipinski definition) is 7. The summed E-state index contributed by atoms with van der Waals surface area (Å²) < 4.78 is 73.7. The molecule has 1 aliphatic rings. The molecular weight excluding hydrogens is 477 g/mol. The van der Waals surface area contributed by atoms with Gasteiger partial charge in [-0.25, -0.2) is 13.9 Å². The summed E-state index contributed by atoms with van der Waals surface area (Å²) in [6.07, 6.45) is -4.50. The van der Waals surface area contributed by atoms with Crippen molar-refractivity contribution in [1.29, 1.82) is 0 Å². The minimum atomic E-state index is -4.47. The molecular formula is C22H25F3N2O6S. The average Bonchev–Trinajstić information content (AvgIpc) is 2.82. The molecule has 0 unspecified atom stereocenters. The number of hydrogen-bond donors (Lipinski definition) is 2. The van der Waals surface area contributed by atoms with Gasteiger partial charge >= 0.3 is 6.18 Å². The van der Waals surface area contributed by atoms with Crippen molar-refractivity contribution < 1.29 is 41.1 Å². The Bertz CT molecular complexity index is 1080. The van der Waals surface area contributed by atoms with Crippen LogP contribution in [0.3, 0.4) is 0 Å². The van der Waals surface area contributed by atoms with Crippen LogP contribution in [0.5, 0.6) is 11.5 Å². The minimum absolute atomic E-state index is 0.0186. The number of rotatable bonds is 8. The molecule has 1 fully saturated rings. The number of ether oxygens (including phenoxy) is 2. The molecule has 1 aliphatic heterocycles. The van der Waals surface area contributed by atoms with Gasteiger partial charge in [0.15, 0.2) is 14.6 Å². The van der Waals surface area contributed by atoms with Gasteiger partial charge < -0.3 is 14.4 Å². The Morgan fingerprint density at radius 1 is 1.06 bits per heavy atom. The third-order valence-electron chi connectivity index (χ3n) is 5.86. The molecule has 8 nitrogen and oxygen atoms in total. The number of piperidine rings is 1. The van der Waals surface area contributed by atoms with E-state index >= 15 is 0 Å². The van der Waals surface area contributed by atoms with Gasteiger partial charge in [0.2, 0.25) is 0 Å². The number of carbonyl (C=O) groups excluding carboxylic acids is 1. The molecule has 0 aromatic heterocycles. The lowest BCUT2D eigenvalue weighted by Gasteiger charge is -2.39. The van der Waals surface area contributed by atoms with Crippen molar-refractivity contribution in [2.45, 2.75) is 28.7 Å². The summed E-state index contributed by atoms with van der Waals surface area (Å²) in [6.45, 7) is 1.70. The highest BCUT2D eigenvalue weighted by Crippen LogP contribution is 2.37. The summed E-state index contributed by atoms with van der Waals surface area (Å²) in [6, 6.07) is 9.30. The molecule has 2 aromatic rings. The Morgan fingerprint density at radius 2 is 1.59 bits per heavy atom. The van der Waals surface area contributed by atoms with Crippen LogP contribution in [0.15, 0.2) is 53.4 Å². The Hall–Kier alpha value is -2.67. The summed E-state index contributed by atoms with van der Waals surface area (Å²) >= 11 is 0. The largest absolute Gasteiger partial charge is 0.457 e. The highest BCUT2D eigenvalue weighted by molar-refractivity contribution is 7.93. The topological polar surface area (TPSA) is 105 Å². The van der Waals surface area contributed by atoms with Crippen molar-refractivity contribution in [2.24, 2.45) is 0 Å². The van der Waals surface area contributed by atoms with Crippen LogP contribution in [0, 0.1) is 0 Å². The van der Waals surface area contributed by atoms with Crippen molar-refractivity contribution in [3.63, 3.8) is 0 Å². The third-order valence-corrected chi connectivity index (χ3v) is 8.37. The van der Waals surface area contributed by atoms with Crippen molar-refractivity contribution in [3.8, 4) is 11.5 Å². The third kappa shape index (κ3) is 5.35. The zero-order valence-electron chi connectivity index (χ0n) is 18.3. The summed E-state index contributed by atoms with van der Waals surface area (Å²) in [5, 5.41) is 9.26. The van der Waals surface area contributed by atoms with Crippen LogP contribution in [-0.4, -0.2) is 62.5 Å². The fourth-order valence-corrected chi connectivity index (χ4v) is 5.79. The summed E-state index contributed by atoms with van der Waals surface area (Å²) in [5.41, 5.74) is 0.685. The van der Waals surface area contributed by atoms with Gasteiger partial charge in [0, 0.05) is 26.7 Å². The molecule has 0 saturated carbocycles. The van der Waals surface area contributed by atoms with E-state index in [4.69, 9.17) is 9.47 Å². The Balaban J connectivity index is 1.79. The Morgan fingerprint density at radius 3 is 2.06 bits per heavy atom. The van der Waals surface area contributed by atoms with Gasteiger partial charge in [-0.05, 0) is 61.4 Å².